The number of hydrogen-bond donors (Lipinski definition) is 1. The summed E-state index contributed by atoms with van der Waals surface area (Å²) in [4.78, 5) is 1.04. The van der Waals surface area contributed by atoms with Gasteiger partial charge in [-0.3, -0.25) is 0 Å². The quantitative estimate of drug-likeness (QED) is 0.385. The van der Waals surface area contributed by atoms with E-state index in [2.05, 4.69) is 90.5 Å². The number of hydrogen-bond acceptors (Lipinski definition) is 3. The number of aryl methyl sites for hydroxylation is 1. The summed E-state index contributed by atoms with van der Waals surface area (Å²) in [5.41, 5.74) is 2.78. The van der Waals surface area contributed by atoms with E-state index < -0.39 is 0 Å². The first-order valence-electron chi connectivity index (χ1n) is 7.72. The summed E-state index contributed by atoms with van der Waals surface area (Å²) in [6.07, 6.45) is -0.0765. The maximum Gasteiger partial charge on any atom is 0.318 e. The molecular weight excluding hydrogens is 342 g/mol. The summed E-state index contributed by atoms with van der Waals surface area (Å²) in [6, 6.07) is 17.5. The maximum atomic E-state index is 4.33. The molecule has 0 atom stereocenters. The molecule has 0 radical (unpaired) electrons. The number of rotatable bonds is 2. The minimum atomic E-state index is -0.0765. The van der Waals surface area contributed by atoms with E-state index in [1.807, 2.05) is 27.7 Å². The molecule has 2 aromatic rings. The molecule has 2 aromatic carbocycles. The SMILES string of the molecule is CC.CC.Cc1ccc(B2SP(c3ccc(S)cc3)S2)cc1. The van der Waals surface area contributed by atoms with Crippen LogP contribution in [-0.4, -0.2) is 5.27 Å². The molecule has 0 aliphatic carbocycles. The fourth-order valence-corrected chi connectivity index (χ4v) is 9.03. The highest BCUT2D eigenvalue weighted by Gasteiger charge is 2.36. The van der Waals surface area contributed by atoms with Gasteiger partial charge in [0.05, 0.1) is 0 Å². The van der Waals surface area contributed by atoms with Crippen molar-refractivity contribution in [1.29, 1.82) is 0 Å². The van der Waals surface area contributed by atoms with E-state index in [1.54, 1.807) is 0 Å². The van der Waals surface area contributed by atoms with Gasteiger partial charge in [0.15, 0.2) is 0 Å². The smallest absolute Gasteiger partial charge is 0.147 e. The van der Waals surface area contributed by atoms with Crippen molar-refractivity contribution < 1.29 is 0 Å². The molecule has 3 rings (SSSR count). The highest BCUT2D eigenvalue weighted by molar-refractivity contribution is 9.18. The molecular formula is C17H24BPS3. The van der Waals surface area contributed by atoms with Crippen molar-refractivity contribution in [2.45, 2.75) is 39.5 Å². The first kappa shape index (κ1) is 20.0. The summed E-state index contributed by atoms with van der Waals surface area (Å²) in [6.45, 7) is 10.1. The summed E-state index contributed by atoms with van der Waals surface area (Å²) < 4.78 is 0. The Hall–Kier alpha value is -0.0151. The zero-order valence-electron chi connectivity index (χ0n) is 13.9. The average molecular weight is 366 g/mol. The molecule has 0 unspecified atom stereocenters. The largest absolute Gasteiger partial charge is 0.318 e. The van der Waals surface area contributed by atoms with E-state index in [0.717, 1.165) is 4.90 Å². The lowest BCUT2D eigenvalue weighted by molar-refractivity contribution is 1.49. The zero-order chi connectivity index (χ0) is 16.5. The molecule has 0 spiro atoms. The standard InChI is InChI=1S/C13H12BPS3.2C2H6/c1-10-2-4-11(5-3-10)14-17-15(18-14)12-6-8-13(16)9-7-12;2*1-2/h2-9,16H,1H3;2*1-2H3. The summed E-state index contributed by atoms with van der Waals surface area (Å²) in [7, 11) is 0. The molecule has 1 aliphatic rings. The van der Waals surface area contributed by atoms with Gasteiger partial charge in [-0.1, -0.05) is 75.1 Å². The van der Waals surface area contributed by atoms with Crippen molar-refractivity contribution in [1.82, 2.24) is 0 Å². The van der Waals surface area contributed by atoms with Crippen LogP contribution >= 0.6 is 41.4 Å². The van der Waals surface area contributed by atoms with Crippen molar-refractivity contribution >= 4 is 57.5 Å². The molecule has 0 nitrogen and oxygen atoms in total. The van der Waals surface area contributed by atoms with Gasteiger partial charge in [0.1, 0.15) is 0 Å². The van der Waals surface area contributed by atoms with Gasteiger partial charge >= 0.3 is 5.27 Å². The Morgan fingerprint density at radius 3 is 1.82 bits per heavy atom. The lowest BCUT2D eigenvalue weighted by Crippen LogP contribution is -2.28. The fourth-order valence-electron chi connectivity index (χ4n) is 1.72. The van der Waals surface area contributed by atoms with Crippen molar-refractivity contribution in [2.24, 2.45) is 0 Å². The first-order valence-corrected chi connectivity index (χ1v) is 12.5. The topological polar surface area (TPSA) is 0 Å². The average Bonchev–Trinajstić information content (AvgIpc) is 2.53. The van der Waals surface area contributed by atoms with Gasteiger partial charge in [-0.2, -0.15) is 0 Å². The van der Waals surface area contributed by atoms with Crippen molar-refractivity contribution in [3.8, 4) is 0 Å². The van der Waals surface area contributed by atoms with Crippen LogP contribution in [0.15, 0.2) is 53.4 Å². The monoisotopic (exact) mass is 366 g/mol. The second-order valence-electron chi connectivity index (χ2n) is 4.23. The minimum Gasteiger partial charge on any atom is -0.147 e. The second-order valence-corrected chi connectivity index (χ2v) is 11.6. The van der Waals surface area contributed by atoms with E-state index in [4.69, 9.17) is 0 Å². The molecule has 0 saturated carbocycles. The van der Waals surface area contributed by atoms with Gasteiger partial charge in [0.25, 0.3) is 0 Å². The van der Waals surface area contributed by atoms with Gasteiger partial charge in [-0.05, 0) is 24.4 Å². The fraction of sp³-hybridized carbons (Fsp3) is 0.294. The molecule has 0 bridgehead atoms. The van der Waals surface area contributed by atoms with Gasteiger partial charge in [-0.25, -0.2) is 0 Å². The Labute approximate surface area is 150 Å². The van der Waals surface area contributed by atoms with Crippen LogP contribution in [0.1, 0.15) is 33.3 Å². The van der Waals surface area contributed by atoms with Crippen molar-refractivity contribution in [2.75, 3.05) is 0 Å². The Morgan fingerprint density at radius 1 is 0.818 bits per heavy atom. The van der Waals surface area contributed by atoms with Gasteiger partial charge in [0, 0.05) is 11.2 Å². The molecule has 5 heteroatoms. The zero-order valence-corrected chi connectivity index (χ0v) is 17.3. The van der Waals surface area contributed by atoms with Crippen LogP contribution in [0.4, 0.5) is 0 Å². The predicted octanol–water partition coefficient (Wildman–Crippen LogP) is 6.15. The van der Waals surface area contributed by atoms with Crippen LogP contribution in [0.2, 0.25) is 0 Å². The van der Waals surface area contributed by atoms with E-state index in [1.165, 1.54) is 16.3 Å². The molecule has 0 N–H and O–H groups in total. The van der Waals surface area contributed by atoms with E-state index in [-0.39, 0.29) is 6.33 Å². The third kappa shape index (κ3) is 5.56. The van der Waals surface area contributed by atoms with Crippen LogP contribution in [-0.2, 0) is 0 Å². The lowest BCUT2D eigenvalue weighted by atomic mass is 9.92. The molecule has 22 heavy (non-hydrogen) atoms. The summed E-state index contributed by atoms with van der Waals surface area (Å²) in [5, 5.41) is 2.08. The van der Waals surface area contributed by atoms with Crippen molar-refractivity contribution in [3.05, 3.63) is 54.1 Å². The molecule has 1 aliphatic heterocycles. The summed E-state index contributed by atoms with van der Waals surface area (Å²) in [5.74, 6) is 0. The van der Waals surface area contributed by atoms with Gasteiger partial charge in [0.2, 0.25) is 0 Å². The predicted molar refractivity (Wildman–Crippen MR) is 115 cm³/mol. The minimum absolute atomic E-state index is 0.0765. The van der Waals surface area contributed by atoms with Crippen LogP contribution in [0.25, 0.3) is 0 Å². The molecule has 0 aromatic heterocycles. The normalized spacial score (nSPS) is 13.3. The number of benzene rings is 2. The Bertz CT molecular complexity index is 487. The Balaban J connectivity index is 0.000000561. The van der Waals surface area contributed by atoms with Gasteiger partial charge < -0.3 is 0 Å². The van der Waals surface area contributed by atoms with E-state index in [9.17, 15) is 0 Å². The van der Waals surface area contributed by atoms with E-state index in [0.29, 0.717) is 5.27 Å². The van der Waals surface area contributed by atoms with Crippen LogP contribution in [0.5, 0.6) is 0 Å². The summed E-state index contributed by atoms with van der Waals surface area (Å²) >= 11 is 8.51. The molecule has 1 fully saturated rings. The molecule has 1 heterocycles. The second kappa shape index (κ2) is 10.7. The van der Waals surface area contributed by atoms with Crippen molar-refractivity contribution in [3.63, 3.8) is 0 Å². The molecule has 118 valence electrons. The molecule has 0 amide bonds. The Morgan fingerprint density at radius 2 is 1.32 bits per heavy atom. The first-order chi connectivity index (χ1) is 10.7. The van der Waals surface area contributed by atoms with E-state index >= 15 is 0 Å². The highest BCUT2D eigenvalue weighted by Crippen LogP contribution is 2.73. The number of thiol groups is 1. The van der Waals surface area contributed by atoms with Crippen LogP contribution in [0, 0.1) is 6.92 Å². The highest BCUT2D eigenvalue weighted by atomic mass is 33.1. The van der Waals surface area contributed by atoms with Crippen LogP contribution in [0.3, 0.4) is 0 Å². The van der Waals surface area contributed by atoms with Crippen LogP contribution < -0.4 is 10.8 Å². The Kier molecular flexibility index (Phi) is 9.74. The molecule has 1 saturated heterocycles. The van der Waals surface area contributed by atoms with Gasteiger partial charge in [-0.15, -0.1) is 35.1 Å². The third-order valence-electron chi connectivity index (χ3n) is 2.79. The lowest BCUT2D eigenvalue weighted by Gasteiger charge is -2.32. The maximum absolute atomic E-state index is 4.33. The third-order valence-corrected chi connectivity index (χ3v) is 11.8.